The zero-order valence-electron chi connectivity index (χ0n) is 9.90. The molecule has 1 saturated heterocycles. The number of hydrogen-bond donors (Lipinski definition) is 2. The Morgan fingerprint density at radius 1 is 1.65 bits per heavy atom. The lowest BCUT2D eigenvalue weighted by molar-refractivity contribution is -0.0555. The van der Waals surface area contributed by atoms with Gasteiger partial charge in [0, 0.05) is 12.6 Å². The maximum absolute atomic E-state index is 10.6. The van der Waals surface area contributed by atoms with Gasteiger partial charge in [0.05, 0.1) is 5.60 Å². The van der Waals surface area contributed by atoms with Crippen LogP contribution in [-0.4, -0.2) is 34.3 Å². The Labute approximate surface area is 99.0 Å². The van der Waals surface area contributed by atoms with Gasteiger partial charge in [-0.25, -0.2) is 4.79 Å². The number of carbonyl (C=O) groups is 1. The summed E-state index contributed by atoms with van der Waals surface area (Å²) in [6, 6.07) is 0.448. The molecule has 6 nitrogen and oxygen atoms in total. The highest BCUT2D eigenvalue weighted by Crippen LogP contribution is 2.26. The lowest BCUT2D eigenvalue weighted by atomic mass is 9.94. The van der Waals surface area contributed by atoms with Crippen molar-refractivity contribution in [2.75, 3.05) is 11.9 Å². The van der Waals surface area contributed by atoms with Gasteiger partial charge >= 0.3 is 5.97 Å². The SMILES string of the molecule is CC1(C)CC(Nc2nc(C(=O)O)co2)CCO1. The molecule has 0 radical (unpaired) electrons. The number of ether oxygens (including phenoxy) is 1. The van der Waals surface area contributed by atoms with Gasteiger partial charge in [0.25, 0.3) is 6.01 Å². The summed E-state index contributed by atoms with van der Waals surface area (Å²) in [6.07, 6.45) is 2.82. The molecule has 1 aliphatic rings. The van der Waals surface area contributed by atoms with Crippen molar-refractivity contribution in [3.05, 3.63) is 12.0 Å². The Bertz CT molecular complexity index is 413. The Morgan fingerprint density at radius 3 is 3.00 bits per heavy atom. The number of nitrogens with zero attached hydrogens (tertiary/aromatic N) is 1. The third kappa shape index (κ3) is 2.97. The molecule has 0 aliphatic carbocycles. The van der Waals surface area contributed by atoms with Crippen molar-refractivity contribution < 1.29 is 19.1 Å². The van der Waals surface area contributed by atoms with Gasteiger partial charge in [-0.15, -0.1) is 0 Å². The Kier molecular flexibility index (Phi) is 3.06. The smallest absolute Gasteiger partial charge is 0.357 e. The fourth-order valence-corrected chi connectivity index (χ4v) is 1.97. The fraction of sp³-hybridized carbons (Fsp3) is 0.636. The quantitative estimate of drug-likeness (QED) is 0.837. The van der Waals surface area contributed by atoms with Crippen LogP contribution >= 0.6 is 0 Å². The van der Waals surface area contributed by atoms with Crippen LogP contribution in [0.1, 0.15) is 37.2 Å². The predicted molar refractivity (Wildman–Crippen MR) is 60.1 cm³/mol. The van der Waals surface area contributed by atoms with Crippen LogP contribution in [0.3, 0.4) is 0 Å². The molecule has 0 saturated carbocycles. The van der Waals surface area contributed by atoms with E-state index in [0.717, 1.165) is 19.1 Å². The summed E-state index contributed by atoms with van der Waals surface area (Å²) in [5, 5.41) is 11.8. The van der Waals surface area contributed by atoms with Gasteiger partial charge < -0.3 is 19.6 Å². The first kappa shape index (κ1) is 11.9. The molecule has 94 valence electrons. The summed E-state index contributed by atoms with van der Waals surface area (Å²) >= 11 is 0. The van der Waals surface area contributed by atoms with Gasteiger partial charge in [-0.1, -0.05) is 0 Å². The van der Waals surface area contributed by atoms with Gasteiger partial charge in [-0.05, 0) is 26.7 Å². The molecular weight excluding hydrogens is 224 g/mol. The van der Waals surface area contributed by atoms with Gasteiger partial charge in [-0.3, -0.25) is 0 Å². The minimum Gasteiger partial charge on any atom is -0.476 e. The van der Waals surface area contributed by atoms with E-state index in [0.29, 0.717) is 6.61 Å². The van der Waals surface area contributed by atoms with Crippen LogP contribution in [0.5, 0.6) is 0 Å². The largest absolute Gasteiger partial charge is 0.476 e. The van der Waals surface area contributed by atoms with Crippen LogP contribution in [0, 0.1) is 0 Å². The summed E-state index contributed by atoms with van der Waals surface area (Å²) in [7, 11) is 0. The molecule has 0 spiro atoms. The first-order valence-electron chi connectivity index (χ1n) is 5.55. The van der Waals surface area contributed by atoms with Crippen LogP contribution in [0.2, 0.25) is 0 Å². The lowest BCUT2D eigenvalue weighted by Crippen LogP contribution is -2.40. The molecule has 2 rings (SSSR count). The highest BCUT2D eigenvalue weighted by Gasteiger charge is 2.29. The Balaban J connectivity index is 1.98. The maximum Gasteiger partial charge on any atom is 0.357 e. The number of carboxylic acids is 1. The second-order valence-corrected chi connectivity index (χ2v) is 4.79. The van der Waals surface area contributed by atoms with E-state index in [1.54, 1.807) is 0 Å². The first-order chi connectivity index (χ1) is 7.96. The van der Waals surface area contributed by atoms with Crippen LogP contribution in [0.25, 0.3) is 0 Å². The zero-order valence-corrected chi connectivity index (χ0v) is 9.90. The standard InChI is InChI=1S/C11H16N2O4/c1-11(2)5-7(3-4-17-11)12-10-13-8(6-16-10)9(14)15/h6-7H,3-5H2,1-2H3,(H,12,13)(H,14,15). The average Bonchev–Trinajstić information content (AvgIpc) is 2.64. The molecule has 1 aromatic rings. The van der Waals surface area contributed by atoms with Crippen LogP contribution in [0.15, 0.2) is 10.7 Å². The molecule has 1 unspecified atom stereocenters. The zero-order chi connectivity index (χ0) is 12.5. The molecule has 0 bridgehead atoms. The first-order valence-corrected chi connectivity index (χ1v) is 5.55. The number of aromatic nitrogens is 1. The van der Waals surface area contributed by atoms with Crippen molar-refractivity contribution in [3.8, 4) is 0 Å². The number of nitrogens with one attached hydrogen (secondary N) is 1. The number of aromatic carboxylic acids is 1. The second-order valence-electron chi connectivity index (χ2n) is 4.79. The van der Waals surface area contributed by atoms with Crippen molar-refractivity contribution in [3.63, 3.8) is 0 Å². The number of carboxylic acid groups (broad SMARTS) is 1. The van der Waals surface area contributed by atoms with E-state index in [9.17, 15) is 4.79 Å². The van der Waals surface area contributed by atoms with E-state index in [1.165, 1.54) is 0 Å². The third-order valence-electron chi connectivity index (χ3n) is 2.75. The normalized spacial score (nSPS) is 23.3. The molecule has 6 heteroatoms. The molecule has 0 aromatic carbocycles. The van der Waals surface area contributed by atoms with Crippen molar-refractivity contribution in [1.29, 1.82) is 0 Å². The van der Waals surface area contributed by atoms with E-state index in [-0.39, 0.29) is 23.4 Å². The molecular formula is C11H16N2O4. The number of hydrogen-bond acceptors (Lipinski definition) is 5. The highest BCUT2D eigenvalue weighted by molar-refractivity contribution is 5.85. The van der Waals surface area contributed by atoms with E-state index in [4.69, 9.17) is 14.3 Å². The van der Waals surface area contributed by atoms with Crippen molar-refractivity contribution >= 4 is 12.0 Å². The van der Waals surface area contributed by atoms with E-state index in [1.807, 2.05) is 13.8 Å². The third-order valence-corrected chi connectivity index (χ3v) is 2.75. The van der Waals surface area contributed by atoms with Crippen molar-refractivity contribution in [2.45, 2.75) is 38.3 Å². The van der Waals surface area contributed by atoms with Crippen LogP contribution in [0.4, 0.5) is 6.01 Å². The summed E-state index contributed by atoms with van der Waals surface area (Å²) < 4.78 is 10.6. The average molecular weight is 240 g/mol. The topological polar surface area (TPSA) is 84.6 Å². The second kappa shape index (κ2) is 4.37. The predicted octanol–water partition coefficient (Wildman–Crippen LogP) is 1.74. The molecule has 2 heterocycles. The maximum atomic E-state index is 10.6. The van der Waals surface area contributed by atoms with Gasteiger partial charge in [0.15, 0.2) is 5.69 Å². The minimum absolute atomic E-state index is 0.0844. The summed E-state index contributed by atoms with van der Waals surface area (Å²) in [4.78, 5) is 14.5. The monoisotopic (exact) mass is 240 g/mol. The number of anilines is 1. The molecule has 1 aliphatic heterocycles. The van der Waals surface area contributed by atoms with Gasteiger partial charge in [-0.2, -0.15) is 4.98 Å². The van der Waals surface area contributed by atoms with E-state index in [2.05, 4.69) is 10.3 Å². The van der Waals surface area contributed by atoms with E-state index >= 15 is 0 Å². The van der Waals surface area contributed by atoms with Crippen LogP contribution in [-0.2, 0) is 4.74 Å². The summed E-state index contributed by atoms with van der Waals surface area (Å²) in [6.45, 7) is 4.73. The molecule has 0 amide bonds. The Morgan fingerprint density at radius 2 is 2.41 bits per heavy atom. The number of rotatable bonds is 3. The van der Waals surface area contributed by atoms with E-state index < -0.39 is 5.97 Å². The lowest BCUT2D eigenvalue weighted by Gasteiger charge is -2.35. The highest BCUT2D eigenvalue weighted by atomic mass is 16.5. The molecule has 1 aromatic heterocycles. The number of oxazole rings is 1. The fourth-order valence-electron chi connectivity index (χ4n) is 1.97. The van der Waals surface area contributed by atoms with Gasteiger partial charge in [0.1, 0.15) is 6.26 Å². The summed E-state index contributed by atoms with van der Waals surface area (Å²) in [5.41, 5.74) is -0.253. The van der Waals surface area contributed by atoms with Gasteiger partial charge in [0.2, 0.25) is 0 Å². The molecule has 2 N–H and O–H groups in total. The molecule has 1 atom stereocenters. The Hall–Kier alpha value is -1.56. The minimum atomic E-state index is -1.09. The molecule has 17 heavy (non-hydrogen) atoms. The van der Waals surface area contributed by atoms with Crippen LogP contribution < -0.4 is 5.32 Å². The molecule has 1 fully saturated rings. The van der Waals surface area contributed by atoms with Crippen molar-refractivity contribution in [2.24, 2.45) is 0 Å². The summed E-state index contributed by atoms with van der Waals surface area (Å²) in [5.74, 6) is -1.09. The van der Waals surface area contributed by atoms with Crippen molar-refractivity contribution in [1.82, 2.24) is 4.98 Å².